The molecule has 2 aromatic heterocycles. The first-order valence-corrected chi connectivity index (χ1v) is 14.1. The molecular formula is C26H32N6O3S2. The number of carbonyl (C=O) groups excluding carboxylic acids is 1. The minimum atomic E-state index is -0.665. The van der Waals surface area contributed by atoms with Crippen LogP contribution in [-0.2, 0) is 0 Å². The van der Waals surface area contributed by atoms with E-state index in [1.54, 1.807) is 6.08 Å². The summed E-state index contributed by atoms with van der Waals surface area (Å²) in [5.41, 5.74) is 1.73. The Morgan fingerprint density at radius 1 is 1.22 bits per heavy atom. The zero-order valence-corrected chi connectivity index (χ0v) is 22.9. The van der Waals surface area contributed by atoms with Crippen LogP contribution in [0, 0.1) is 0 Å². The fourth-order valence-electron chi connectivity index (χ4n) is 3.95. The Balaban J connectivity index is 1.40. The van der Waals surface area contributed by atoms with Crippen molar-refractivity contribution >= 4 is 51.6 Å². The Bertz CT molecular complexity index is 1440. The predicted octanol–water partition coefficient (Wildman–Crippen LogP) is 3.99. The van der Waals surface area contributed by atoms with Crippen LogP contribution in [0.15, 0.2) is 50.0 Å². The fraction of sp³-hybridized carbons (Fsp3) is 0.385. The van der Waals surface area contributed by atoms with Gasteiger partial charge in [-0.05, 0) is 61.0 Å². The second-order valence-corrected chi connectivity index (χ2v) is 10.8. The molecule has 0 aliphatic carbocycles. The topological polar surface area (TPSA) is 115 Å². The number of imidazole rings is 1. The molecule has 0 fully saturated rings. The second-order valence-electron chi connectivity index (χ2n) is 8.71. The third kappa shape index (κ3) is 6.53. The standard InChI is InChI=1S/C26H32N6O3S2/c1-4-6-12-31(13-7-5-2)19-10-8-18(9-11-19)27-16-28-25-30-24-22(37-25)15-20(36-24)14-21-23(34)29-26(35)32(21)17(3)33/h8-11,14-15,27,34H,4-7,12-13,16H2,1-3H3,(H,29,35). The number of benzene rings is 1. The summed E-state index contributed by atoms with van der Waals surface area (Å²) >= 11 is 2.87. The van der Waals surface area contributed by atoms with E-state index in [0.717, 1.165) is 37.4 Å². The van der Waals surface area contributed by atoms with Gasteiger partial charge in [-0.25, -0.2) is 19.3 Å². The van der Waals surface area contributed by atoms with Gasteiger partial charge in [-0.15, -0.1) is 11.3 Å². The summed E-state index contributed by atoms with van der Waals surface area (Å²) in [6.45, 7) is 8.30. The van der Waals surface area contributed by atoms with Crippen molar-refractivity contribution in [2.45, 2.75) is 51.3 Å². The lowest BCUT2D eigenvalue weighted by atomic mass is 10.2. The molecule has 0 atom stereocenters. The number of aliphatic imine (C=N–C) groups is 1. The predicted molar refractivity (Wildman–Crippen MR) is 152 cm³/mol. The van der Waals surface area contributed by atoms with Gasteiger partial charge in [-0.2, -0.15) is 0 Å². The average molecular weight is 541 g/mol. The molecule has 1 aliphatic heterocycles. The molecule has 1 aliphatic rings. The van der Waals surface area contributed by atoms with Crippen molar-refractivity contribution < 1.29 is 9.90 Å². The number of amidine groups is 1. The lowest BCUT2D eigenvalue weighted by Gasteiger charge is -2.25. The van der Waals surface area contributed by atoms with Gasteiger partial charge in [0.25, 0.3) is 0 Å². The monoisotopic (exact) mass is 540 g/mol. The number of thiophene rings is 1. The highest BCUT2D eigenvalue weighted by molar-refractivity contribution is 8.14. The number of unbranched alkanes of at least 4 members (excludes halogenated alkanes) is 2. The van der Waals surface area contributed by atoms with Crippen LogP contribution in [-0.4, -0.2) is 45.5 Å². The third-order valence-electron chi connectivity index (χ3n) is 5.90. The van der Waals surface area contributed by atoms with Gasteiger partial charge in [-0.1, -0.05) is 26.7 Å². The number of nitrogens with one attached hydrogen (secondary N) is 2. The number of thioether (sulfide) groups is 1. The molecule has 3 heterocycles. The average Bonchev–Trinajstić information content (AvgIpc) is 3.50. The van der Waals surface area contributed by atoms with E-state index in [9.17, 15) is 14.7 Å². The zero-order chi connectivity index (χ0) is 26.4. The van der Waals surface area contributed by atoms with Crippen molar-refractivity contribution in [3.05, 3.63) is 55.7 Å². The van der Waals surface area contributed by atoms with Gasteiger partial charge in [0.05, 0.1) is 4.90 Å². The lowest BCUT2D eigenvalue weighted by Crippen LogP contribution is -2.25. The maximum atomic E-state index is 11.9. The molecule has 0 amide bonds. The highest BCUT2D eigenvalue weighted by Gasteiger charge is 2.17. The fourth-order valence-corrected chi connectivity index (χ4v) is 5.98. The van der Waals surface area contributed by atoms with Crippen molar-refractivity contribution in [1.82, 2.24) is 9.55 Å². The highest BCUT2D eigenvalue weighted by atomic mass is 32.2. The molecule has 0 radical (unpaired) electrons. The minimum Gasteiger partial charge on any atom is -0.493 e. The minimum absolute atomic E-state index is 0.130. The van der Waals surface area contributed by atoms with Crippen LogP contribution in [0.5, 0.6) is 5.88 Å². The molecule has 4 rings (SSSR count). The van der Waals surface area contributed by atoms with Gasteiger partial charge in [-0.3, -0.25) is 9.78 Å². The molecule has 196 valence electrons. The van der Waals surface area contributed by atoms with Gasteiger partial charge in [0.15, 0.2) is 5.17 Å². The summed E-state index contributed by atoms with van der Waals surface area (Å²) in [4.78, 5) is 38.4. The van der Waals surface area contributed by atoms with Crippen LogP contribution < -0.4 is 25.1 Å². The zero-order valence-electron chi connectivity index (χ0n) is 21.3. The molecule has 9 nitrogen and oxygen atoms in total. The van der Waals surface area contributed by atoms with E-state index in [0.29, 0.717) is 11.8 Å². The number of hydrogen-bond acceptors (Lipinski definition) is 8. The molecule has 0 saturated heterocycles. The molecule has 0 spiro atoms. The summed E-state index contributed by atoms with van der Waals surface area (Å²) in [7, 11) is 0. The number of anilines is 2. The summed E-state index contributed by atoms with van der Waals surface area (Å²) in [5.74, 6) is -0.813. The third-order valence-corrected chi connectivity index (χ3v) is 7.94. The summed E-state index contributed by atoms with van der Waals surface area (Å²) < 4.78 is 2.49. The Labute approximate surface area is 223 Å². The van der Waals surface area contributed by atoms with Crippen molar-refractivity contribution in [2.24, 2.45) is 9.98 Å². The van der Waals surface area contributed by atoms with Crippen LogP contribution in [0.25, 0.3) is 6.08 Å². The number of aromatic nitrogens is 2. The van der Waals surface area contributed by atoms with Crippen molar-refractivity contribution in [2.75, 3.05) is 30.0 Å². The van der Waals surface area contributed by atoms with E-state index in [-0.39, 0.29) is 11.6 Å². The first-order valence-electron chi connectivity index (χ1n) is 12.5. The van der Waals surface area contributed by atoms with E-state index < -0.39 is 11.6 Å². The number of fused-ring (bicyclic) bond motifs is 1. The smallest absolute Gasteiger partial charge is 0.335 e. The first kappa shape index (κ1) is 26.7. The second kappa shape index (κ2) is 12.3. The SMILES string of the molecule is CCCCN(CCCC)c1ccc(NCN=C2N=c3sc(=Cc4c(O)[nH]c(=O)n4C(C)=O)cc3S2)cc1. The Morgan fingerprint density at radius 2 is 1.92 bits per heavy atom. The first-order chi connectivity index (χ1) is 17.9. The Morgan fingerprint density at radius 3 is 2.54 bits per heavy atom. The Hall–Kier alpha value is -3.31. The van der Waals surface area contributed by atoms with Crippen LogP contribution in [0.4, 0.5) is 11.4 Å². The number of rotatable bonds is 11. The lowest BCUT2D eigenvalue weighted by molar-refractivity contribution is 0.0931. The number of H-pyrrole nitrogens is 1. The van der Waals surface area contributed by atoms with Crippen LogP contribution in [0.2, 0.25) is 0 Å². The van der Waals surface area contributed by atoms with Crippen LogP contribution in [0.1, 0.15) is 56.9 Å². The van der Waals surface area contributed by atoms with Crippen LogP contribution in [0.3, 0.4) is 0 Å². The molecule has 3 aromatic rings. The number of aromatic amines is 1. The Kier molecular flexibility index (Phi) is 8.88. The quantitative estimate of drug-likeness (QED) is 0.339. The number of carbonyl (C=O) groups is 1. The van der Waals surface area contributed by atoms with E-state index in [1.165, 1.54) is 61.4 Å². The number of nitrogens with zero attached hydrogens (tertiary/aromatic N) is 4. The van der Waals surface area contributed by atoms with E-state index >= 15 is 0 Å². The van der Waals surface area contributed by atoms with E-state index in [4.69, 9.17) is 0 Å². The maximum Gasteiger partial charge on any atom is 0.335 e. The molecular weight excluding hydrogens is 508 g/mol. The molecule has 0 saturated carbocycles. The number of aromatic hydroxyl groups is 1. The van der Waals surface area contributed by atoms with E-state index in [2.05, 4.69) is 63.3 Å². The summed E-state index contributed by atoms with van der Waals surface area (Å²) in [5, 5.41) is 14.0. The van der Waals surface area contributed by atoms with Gasteiger partial charge >= 0.3 is 5.69 Å². The summed E-state index contributed by atoms with van der Waals surface area (Å²) in [6, 6.07) is 10.4. The largest absolute Gasteiger partial charge is 0.493 e. The molecule has 11 heteroatoms. The summed E-state index contributed by atoms with van der Waals surface area (Å²) in [6.07, 6.45) is 6.37. The molecule has 1 aromatic carbocycles. The molecule has 0 bridgehead atoms. The van der Waals surface area contributed by atoms with Gasteiger partial charge in [0.1, 0.15) is 17.0 Å². The maximum absolute atomic E-state index is 11.9. The molecule has 0 unspecified atom stereocenters. The normalized spacial score (nSPS) is 14.1. The highest BCUT2D eigenvalue weighted by Crippen LogP contribution is 2.23. The molecule has 37 heavy (non-hydrogen) atoms. The van der Waals surface area contributed by atoms with Gasteiger partial charge in [0, 0.05) is 35.9 Å². The van der Waals surface area contributed by atoms with Gasteiger partial charge < -0.3 is 15.3 Å². The van der Waals surface area contributed by atoms with E-state index in [1.807, 2.05) is 6.07 Å². The van der Waals surface area contributed by atoms with Crippen molar-refractivity contribution in [1.29, 1.82) is 0 Å². The van der Waals surface area contributed by atoms with Crippen LogP contribution >= 0.6 is 23.1 Å². The number of hydrogen-bond donors (Lipinski definition) is 3. The molecule has 3 N–H and O–H groups in total. The van der Waals surface area contributed by atoms with Crippen molar-refractivity contribution in [3.8, 4) is 5.88 Å². The van der Waals surface area contributed by atoms with Gasteiger partial charge in [0.2, 0.25) is 11.8 Å². The van der Waals surface area contributed by atoms with Crippen molar-refractivity contribution in [3.63, 3.8) is 0 Å².